The molecule has 0 radical (unpaired) electrons. The third-order valence-electron chi connectivity index (χ3n) is 10.4. The second-order valence-electron chi connectivity index (χ2n) is 11.6. The summed E-state index contributed by atoms with van der Waals surface area (Å²) >= 11 is 0. The molecule has 3 unspecified atom stereocenters. The number of benzene rings is 1. The van der Waals surface area contributed by atoms with Gasteiger partial charge in [0.25, 0.3) is 0 Å². The summed E-state index contributed by atoms with van der Waals surface area (Å²) < 4.78 is 12.3. The molecule has 4 aliphatic carbocycles. The molecule has 0 heterocycles. The maximum absolute atomic E-state index is 12.3. The molecule has 5 rings (SSSR count). The first-order chi connectivity index (χ1) is 15.0. The van der Waals surface area contributed by atoms with Crippen molar-refractivity contribution < 1.29 is 14.3 Å². The molecule has 0 N–H and O–H groups in total. The van der Waals surface area contributed by atoms with Crippen molar-refractivity contribution in [3.8, 4) is 0 Å². The Morgan fingerprint density at radius 3 is 2.52 bits per heavy atom. The molecule has 3 heteroatoms. The van der Waals surface area contributed by atoms with E-state index in [1.807, 2.05) is 7.11 Å². The van der Waals surface area contributed by atoms with Crippen LogP contribution in [0.25, 0.3) is 0 Å². The van der Waals surface area contributed by atoms with Crippen LogP contribution in [0.2, 0.25) is 0 Å². The summed E-state index contributed by atoms with van der Waals surface area (Å²) in [6, 6.07) is 10.6. The number of ether oxygens (including phenoxy) is 2. The van der Waals surface area contributed by atoms with Crippen LogP contribution in [0, 0.1) is 40.4 Å². The lowest BCUT2D eigenvalue weighted by molar-refractivity contribution is -0.172. The number of fused-ring (bicyclic) bond motifs is 5. The number of methoxy groups -OCH3 is 1. The van der Waals surface area contributed by atoms with Gasteiger partial charge < -0.3 is 9.47 Å². The molecule has 1 aromatic carbocycles. The predicted octanol–water partition coefficient (Wildman–Crippen LogP) is 6.06. The quantitative estimate of drug-likeness (QED) is 0.577. The summed E-state index contributed by atoms with van der Waals surface area (Å²) in [4.78, 5) is 12.3. The first-order valence-corrected chi connectivity index (χ1v) is 12.6. The average molecular weight is 425 g/mol. The topological polar surface area (TPSA) is 35.5 Å². The van der Waals surface area contributed by atoms with Crippen LogP contribution in [-0.2, 0) is 20.9 Å². The Bertz CT molecular complexity index is 791. The van der Waals surface area contributed by atoms with E-state index in [9.17, 15) is 4.79 Å². The second-order valence-corrected chi connectivity index (χ2v) is 11.6. The standard InChI is InChI=1S/C28H40O3/c1-27-14-12-24-22(16-26(30-3)25-15-21(29)11-13-28(24,25)2)23(27)10-9-20(27)18-31-17-19-7-5-4-6-8-19/h4-8,20,22-26H,9-18H2,1-3H3/t20?,22-,23-,24+,25?,26?,27+,28+/m0/s1. The molecule has 0 amide bonds. The molecule has 8 atom stereocenters. The van der Waals surface area contributed by atoms with Crippen molar-refractivity contribution in [2.75, 3.05) is 13.7 Å². The number of ketones is 1. The zero-order valence-electron chi connectivity index (χ0n) is 19.6. The molecule has 4 saturated carbocycles. The van der Waals surface area contributed by atoms with Gasteiger partial charge in [-0.05, 0) is 84.5 Å². The second kappa shape index (κ2) is 8.30. The number of Topliss-reactive ketones (excluding diaryl/α,β-unsaturated/α-hetero) is 1. The van der Waals surface area contributed by atoms with Crippen LogP contribution in [-0.4, -0.2) is 25.6 Å². The Balaban J connectivity index is 1.31. The molecule has 0 spiro atoms. The predicted molar refractivity (Wildman–Crippen MR) is 123 cm³/mol. The zero-order chi connectivity index (χ0) is 21.6. The van der Waals surface area contributed by atoms with E-state index in [0.717, 1.165) is 56.7 Å². The van der Waals surface area contributed by atoms with Crippen LogP contribution in [0.4, 0.5) is 0 Å². The molecule has 0 bridgehead atoms. The molecule has 0 aliphatic heterocycles. The van der Waals surface area contributed by atoms with Crippen molar-refractivity contribution in [3.05, 3.63) is 35.9 Å². The lowest BCUT2D eigenvalue weighted by Gasteiger charge is -2.62. The maximum Gasteiger partial charge on any atom is 0.133 e. The van der Waals surface area contributed by atoms with Crippen molar-refractivity contribution in [1.82, 2.24) is 0 Å². The van der Waals surface area contributed by atoms with E-state index in [4.69, 9.17) is 9.47 Å². The van der Waals surface area contributed by atoms with E-state index in [1.165, 1.54) is 31.2 Å². The molecule has 4 aliphatic rings. The zero-order valence-corrected chi connectivity index (χ0v) is 19.6. The monoisotopic (exact) mass is 424 g/mol. The van der Waals surface area contributed by atoms with Gasteiger partial charge in [0.2, 0.25) is 0 Å². The summed E-state index contributed by atoms with van der Waals surface area (Å²) in [6.45, 7) is 6.69. The number of hydrogen-bond donors (Lipinski definition) is 0. The normalized spacial score (nSPS) is 44.4. The van der Waals surface area contributed by atoms with Gasteiger partial charge in [0.15, 0.2) is 0 Å². The Morgan fingerprint density at radius 1 is 0.968 bits per heavy atom. The highest BCUT2D eigenvalue weighted by molar-refractivity contribution is 5.79. The number of hydrogen-bond acceptors (Lipinski definition) is 3. The Hall–Kier alpha value is -1.19. The molecule has 170 valence electrons. The van der Waals surface area contributed by atoms with Crippen molar-refractivity contribution in [2.24, 2.45) is 40.4 Å². The Labute approximate surface area is 188 Å². The minimum absolute atomic E-state index is 0.256. The van der Waals surface area contributed by atoms with Crippen molar-refractivity contribution in [2.45, 2.75) is 77.9 Å². The van der Waals surface area contributed by atoms with Gasteiger partial charge in [0, 0.05) is 20.0 Å². The molecule has 0 saturated heterocycles. The highest BCUT2D eigenvalue weighted by Gasteiger charge is 2.62. The fraction of sp³-hybridized carbons (Fsp3) is 0.750. The van der Waals surface area contributed by atoms with Crippen LogP contribution in [0.1, 0.15) is 70.8 Å². The lowest BCUT2D eigenvalue weighted by atomic mass is 9.44. The third kappa shape index (κ3) is 3.60. The van der Waals surface area contributed by atoms with E-state index in [-0.39, 0.29) is 11.5 Å². The van der Waals surface area contributed by atoms with E-state index >= 15 is 0 Å². The third-order valence-corrected chi connectivity index (χ3v) is 10.4. The fourth-order valence-corrected chi connectivity index (χ4v) is 8.60. The minimum Gasteiger partial charge on any atom is -0.381 e. The van der Waals surface area contributed by atoms with Gasteiger partial charge in [-0.15, -0.1) is 0 Å². The summed E-state index contributed by atoms with van der Waals surface area (Å²) in [7, 11) is 1.88. The molecule has 3 nitrogen and oxygen atoms in total. The van der Waals surface area contributed by atoms with Gasteiger partial charge in [0.1, 0.15) is 5.78 Å². The number of rotatable bonds is 5. The van der Waals surface area contributed by atoms with Crippen molar-refractivity contribution >= 4 is 5.78 Å². The van der Waals surface area contributed by atoms with Gasteiger partial charge >= 0.3 is 0 Å². The van der Waals surface area contributed by atoms with Gasteiger partial charge in [-0.2, -0.15) is 0 Å². The first-order valence-electron chi connectivity index (χ1n) is 12.6. The van der Waals surface area contributed by atoms with Gasteiger partial charge in [-0.1, -0.05) is 44.2 Å². The maximum atomic E-state index is 12.3. The summed E-state index contributed by atoms with van der Waals surface area (Å²) in [5.74, 6) is 3.85. The molecule has 1 aromatic rings. The van der Waals surface area contributed by atoms with Crippen molar-refractivity contribution in [3.63, 3.8) is 0 Å². The average Bonchev–Trinajstić information content (AvgIpc) is 3.11. The fourth-order valence-electron chi connectivity index (χ4n) is 8.60. The van der Waals surface area contributed by atoms with Crippen LogP contribution >= 0.6 is 0 Å². The highest BCUT2D eigenvalue weighted by atomic mass is 16.5. The van der Waals surface area contributed by atoms with Crippen LogP contribution < -0.4 is 0 Å². The van der Waals surface area contributed by atoms with E-state index in [2.05, 4.69) is 44.2 Å². The Morgan fingerprint density at radius 2 is 1.74 bits per heavy atom. The number of carbonyl (C=O) groups excluding carboxylic acids is 1. The molecule has 31 heavy (non-hydrogen) atoms. The van der Waals surface area contributed by atoms with E-state index < -0.39 is 0 Å². The molecular weight excluding hydrogens is 384 g/mol. The van der Waals surface area contributed by atoms with Gasteiger partial charge in [-0.25, -0.2) is 0 Å². The van der Waals surface area contributed by atoms with Crippen molar-refractivity contribution in [1.29, 1.82) is 0 Å². The highest BCUT2D eigenvalue weighted by Crippen LogP contribution is 2.67. The van der Waals surface area contributed by atoms with Gasteiger partial charge in [0.05, 0.1) is 19.3 Å². The van der Waals surface area contributed by atoms with E-state index in [0.29, 0.717) is 23.0 Å². The lowest BCUT2D eigenvalue weighted by Crippen LogP contribution is -2.58. The van der Waals surface area contributed by atoms with Crippen LogP contribution in [0.5, 0.6) is 0 Å². The van der Waals surface area contributed by atoms with Gasteiger partial charge in [-0.3, -0.25) is 4.79 Å². The smallest absolute Gasteiger partial charge is 0.133 e. The van der Waals surface area contributed by atoms with Crippen LogP contribution in [0.3, 0.4) is 0 Å². The summed E-state index contributed by atoms with van der Waals surface area (Å²) in [5, 5.41) is 0. The largest absolute Gasteiger partial charge is 0.381 e. The first kappa shape index (κ1) is 21.6. The molecule has 0 aromatic heterocycles. The SMILES string of the molecule is COC1C[C@@H]2[C@@H](CC[C@]3(C)C(COCc4ccccc4)CC[C@@H]23)[C@@]2(C)CCC(=O)CC12. The summed E-state index contributed by atoms with van der Waals surface area (Å²) in [5.41, 5.74) is 1.94. The Kier molecular flexibility index (Phi) is 5.80. The van der Waals surface area contributed by atoms with Crippen LogP contribution in [0.15, 0.2) is 30.3 Å². The molecular formula is C28H40O3. The molecule has 4 fully saturated rings. The minimum atomic E-state index is 0.256. The summed E-state index contributed by atoms with van der Waals surface area (Å²) in [6.07, 6.45) is 9.31. The number of carbonyl (C=O) groups is 1. The van der Waals surface area contributed by atoms with E-state index in [1.54, 1.807) is 0 Å².